The summed E-state index contributed by atoms with van der Waals surface area (Å²) in [6.07, 6.45) is 1.34. The minimum Gasteiger partial charge on any atom is -0.335 e. The van der Waals surface area contributed by atoms with Crippen LogP contribution in [0.15, 0.2) is 35.1 Å². The normalized spacial score (nSPS) is 10.2. The molecule has 0 saturated carbocycles. The predicted molar refractivity (Wildman–Crippen MR) is 78.2 cm³/mol. The Kier molecular flexibility index (Phi) is 4.99. The van der Waals surface area contributed by atoms with E-state index in [1.807, 2.05) is 18.2 Å². The fourth-order valence-electron chi connectivity index (χ4n) is 1.57. The van der Waals surface area contributed by atoms with Crippen LogP contribution in [0.2, 0.25) is 0 Å². The van der Waals surface area contributed by atoms with Gasteiger partial charge >= 0.3 is 0 Å². The molecule has 1 N–H and O–H groups in total. The molecule has 0 aliphatic rings. The number of rotatable bonds is 5. The molecule has 0 aliphatic heterocycles. The number of likely N-dealkylation sites (N-methyl/N-ethyl adjacent to an activating group) is 1. The van der Waals surface area contributed by atoms with Crippen molar-refractivity contribution in [3.63, 3.8) is 0 Å². The molecule has 0 unspecified atom stereocenters. The molecule has 0 aliphatic carbocycles. The van der Waals surface area contributed by atoms with Crippen molar-refractivity contribution in [2.45, 2.75) is 6.54 Å². The third-order valence-corrected chi connectivity index (χ3v) is 3.33. The Hall–Kier alpha value is -2.29. The highest BCUT2D eigenvalue weighted by Crippen LogP contribution is 2.20. The molecule has 0 atom stereocenters. The van der Waals surface area contributed by atoms with E-state index in [2.05, 4.69) is 36.8 Å². The van der Waals surface area contributed by atoms with Crippen LogP contribution in [0.4, 0.5) is 5.69 Å². The number of halogens is 1. The molecule has 21 heavy (non-hydrogen) atoms. The van der Waals surface area contributed by atoms with E-state index < -0.39 is 0 Å². The monoisotopic (exact) mass is 352 g/mol. The lowest BCUT2D eigenvalue weighted by molar-refractivity contribution is -0.134. The van der Waals surface area contributed by atoms with Gasteiger partial charge in [-0.25, -0.2) is 4.68 Å². The zero-order valence-electron chi connectivity index (χ0n) is 11.2. The molecular formula is C12H13BrN6O2. The first-order chi connectivity index (χ1) is 10.1. The van der Waals surface area contributed by atoms with Crippen molar-refractivity contribution in [1.29, 1.82) is 0 Å². The molecule has 0 spiro atoms. The third-order valence-electron chi connectivity index (χ3n) is 2.64. The highest BCUT2D eigenvalue weighted by atomic mass is 79.9. The molecular weight excluding hydrogens is 340 g/mol. The van der Waals surface area contributed by atoms with Gasteiger partial charge in [-0.2, -0.15) is 0 Å². The number of tetrazole rings is 1. The van der Waals surface area contributed by atoms with Gasteiger partial charge in [0.1, 0.15) is 12.9 Å². The lowest BCUT2D eigenvalue weighted by Gasteiger charge is -2.16. The maximum absolute atomic E-state index is 11.9. The van der Waals surface area contributed by atoms with Gasteiger partial charge in [-0.1, -0.05) is 12.1 Å². The van der Waals surface area contributed by atoms with Gasteiger partial charge in [-0.05, 0) is 38.5 Å². The van der Waals surface area contributed by atoms with Gasteiger partial charge in [0.25, 0.3) is 0 Å². The summed E-state index contributed by atoms with van der Waals surface area (Å²) in [7, 11) is 1.55. The van der Waals surface area contributed by atoms with Crippen molar-refractivity contribution in [2.24, 2.45) is 0 Å². The number of benzene rings is 1. The lowest BCUT2D eigenvalue weighted by atomic mass is 10.3. The number of nitrogens with zero attached hydrogens (tertiary/aromatic N) is 5. The standard InChI is InChI=1S/C12H13BrN6O2/c1-18(12(21)7-19-8-14-16-17-19)6-11(20)15-10-5-3-2-4-9(10)13/h2-5,8H,6-7H2,1H3,(H,15,20). The smallest absolute Gasteiger partial charge is 0.244 e. The van der Waals surface area contributed by atoms with Crippen LogP contribution in [0.1, 0.15) is 0 Å². The van der Waals surface area contributed by atoms with Crippen LogP contribution in [-0.2, 0) is 16.1 Å². The minimum atomic E-state index is -0.283. The number of para-hydroxylation sites is 1. The largest absolute Gasteiger partial charge is 0.335 e. The maximum Gasteiger partial charge on any atom is 0.244 e. The summed E-state index contributed by atoms with van der Waals surface area (Å²) in [5.41, 5.74) is 0.656. The van der Waals surface area contributed by atoms with Gasteiger partial charge < -0.3 is 10.2 Å². The van der Waals surface area contributed by atoms with Crippen LogP contribution in [0, 0.1) is 0 Å². The second-order valence-corrected chi connectivity index (χ2v) is 5.14. The van der Waals surface area contributed by atoms with E-state index >= 15 is 0 Å². The van der Waals surface area contributed by atoms with Gasteiger partial charge in [0, 0.05) is 11.5 Å². The summed E-state index contributed by atoms with van der Waals surface area (Å²) >= 11 is 3.34. The molecule has 9 heteroatoms. The Bertz CT molecular complexity index is 630. The molecule has 2 rings (SSSR count). The first-order valence-corrected chi connectivity index (χ1v) is 6.84. The van der Waals surface area contributed by atoms with E-state index in [9.17, 15) is 9.59 Å². The molecule has 0 bridgehead atoms. The highest BCUT2D eigenvalue weighted by Gasteiger charge is 2.14. The van der Waals surface area contributed by atoms with Gasteiger partial charge in [-0.3, -0.25) is 9.59 Å². The summed E-state index contributed by atoms with van der Waals surface area (Å²) in [5, 5.41) is 13.2. The van der Waals surface area contributed by atoms with E-state index in [0.29, 0.717) is 5.69 Å². The molecule has 110 valence electrons. The van der Waals surface area contributed by atoms with Crippen molar-refractivity contribution in [2.75, 3.05) is 18.9 Å². The van der Waals surface area contributed by atoms with Crippen molar-refractivity contribution in [3.8, 4) is 0 Å². The number of carbonyl (C=O) groups excluding carboxylic acids is 2. The Balaban J connectivity index is 1.87. The molecule has 1 aromatic heterocycles. The summed E-state index contributed by atoms with van der Waals surface area (Å²) in [5.74, 6) is -0.543. The van der Waals surface area contributed by atoms with Crippen LogP contribution in [0.25, 0.3) is 0 Å². The summed E-state index contributed by atoms with van der Waals surface area (Å²) in [6.45, 7) is -0.0614. The van der Waals surface area contributed by atoms with Gasteiger partial charge in [0.2, 0.25) is 11.8 Å². The number of hydrogen-bond donors (Lipinski definition) is 1. The Morgan fingerprint density at radius 3 is 2.81 bits per heavy atom. The SMILES string of the molecule is CN(CC(=O)Nc1ccccc1Br)C(=O)Cn1cnnn1. The van der Waals surface area contributed by atoms with Crippen molar-refractivity contribution < 1.29 is 9.59 Å². The Morgan fingerprint density at radius 2 is 2.14 bits per heavy atom. The summed E-state index contributed by atoms with van der Waals surface area (Å²) < 4.78 is 2.07. The number of amides is 2. The van der Waals surface area contributed by atoms with E-state index in [4.69, 9.17) is 0 Å². The topological polar surface area (TPSA) is 93.0 Å². The van der Waals surface area contributed by atoms with Crippen LogP contribution in [0.3, 0.4) is 0 Å². The quantitative estimate of drug-likeness (QED) is 0.847. The zero-order chi connectivity index (χ0) is 15.2. The predicted octanol–water partition coefficient (Wildman–Crippen LogP) is 0.533. The number of aromatic nitrogens is 4. The van der Waals surface area contributed by atoms with E-state index in [-0.39, 0.29) is 24.9 Å². The molecule has 0 fully saturated rings. The molecule has 2 aromatic rings. The van der Waals surface area contributed by atoms with Crippen LogP contribution < -0.4 is 5.32 Å². The first kappa shape index (κ1) is 15.1. The fraction of sp³-hybridized carbons (Fsp3) is 0.250. The molecule has 1 heterocycles. The van der Waals surface area contributed by atoms with E-state index in [0.717, 1.165) is 4.47 Å². The Morgan fingerprint density at radius 1 is 1.38 bits per heavy atom. The maximum atomic E-state index is 11.9. The summed E-state index contributed by atoms with van der Waals surface area (Å²) in [4.78, 5) is 25.1. The number of carbonyl (C=O) groups is 2. The molecule has 0 saturated heterocycles. The molecule has 8 nitrogen and oxygen atoms in total. The second kappa shape index (κ2) is 6.93. The molecule has 1 aromatic carbocycles. The molecule has 0 radical (unpaired) electrons. The second-order valence-electron chi connectivity index (χ2n) is 4.29. The third kappa shape index (κ3) is 4.35. The van der Waals surface area contributed by atoms with Gasteiger partial charge in [0.15, 0.2) is 0 Å². The van der Waals surface area contributed by atoms with Gasteiger partial charge in [-0.15, -0.1) is 5.10 Å². The first-order valence-electron chi connectivity index (χ1n) is 6.05. The Labute approximate surface area is 129 Å². The number of anilines is 1. The van der Waals surface area contributed by atoms with Gasteiger partial charge in [0.05, 0.1) is 12.2 Å². The zero-order valence-corrected chi connectivity index (χ0v) is 12.8. The average molecular weight is 353 g/mol. The van der Waals surface area contributed by atoms with Crippen LogP contribution >= 0.6 is 15.9 Å². The van der Waals surface area contributed by atoms with E-state index in [1.165, 1.54) is 15.9 Å². The number of nitrogens with one attached hydrogen (secondary N) is 1. The van der Waals surface area contributed by atoms with E-state index in [1.54, 1.807) is 13.1 Å². The van der Waals surface area contributed by atoms with Crippen molar-refractivity contribution in [1.82, 2.24) is 25.1 Å². The van der Waals surface area contributed by atoms with Crippen LogP contribution in [-0.4, -0.2) is 50.5 Å². The van der Waals surface area contributed by atoms with Crippen LogP contribution in [0.5, 0.6) is 0 Å². The average Bonchev–Trinajstić information content (AvgIpc) is 2.94. The van der Waals surface area contributed by atoms with Crippen molar-refractivity contribution >= 4 is 33.4 Å². The lowest BCUT2D eigenvalue weighted by Crippen LogP contribution is -2.37. The fourth-order valence-corrected chi connectivity index (χ4v) is 1.95. The molecule has 2 amide bonds. The highest BCUT2D eigenvalue weighted by molar-refractivity contribution is 9.10. The minimum absolute atomic E-state index is 0.00812. The van der Waals surface area contributed by atoms with Crippen molar-refractivity contribution in [3.05, 3.63) is 35.1 Å². The number of hydrogen-bond acceptors (Lipinski definition) is 5. The summed E-state index contributed by atoms with van der Waals surface area (Å²) in [6, 6.07) is 7.25.